The van der Waals surface area contributed by atoms with Gasteiger partial charge >= 0.3 is 7.60 Å². The van der Waals surface area contributed by atoms with Crippen molar-refractivity contribution in [2.75, 3.05) is 0 Å². The van der Waals surface area contributed by atoms with Crippen molar-refractivity contribution >= 4 is 7.60 Å². The van der Waals surface area contributed by atoms with Crippen LogP contribution in [-0.4, -0.2) is 0 Å². The van der Waals surface area contributed by atoms with Crippen molar-refractivity contribution in [2.24, 2.45) is 0 Å². The first-order chi connectivity index (χ1) is 10.7. The van der Waals surface area contributed by atoms with Gasteiger partial charge in [-0.25, -0.2) is 4.57 Å². The van der Waals surface area contributed by atoms with Gasteiger partial charge in [-0.2, -0.15) is 0 Å². The van der Waals surface area contributed by atoms with Crippen molar-refractivity contribution in [3.63, 3.8) is 0 Å². The van der Waals surface area contributed by atoms with E-state index in [4.69, 9.17) is 9.05 Å². The lowest BCUT2D eigenvalue weighted by molar-refractivity contribution is 0.398. The first-order valence-electron chi connectivity index (χ1n) is 7.48. The lowest BCUT2D eigenvalue weighted by atomic mass is 10.2. The molecule has 116 valence electrons. The molecule has 0 unspecified atom stereocenters. The minimum Gasteiger partial charge on any atom is -0.413 e. The monoisotopic (exact) mass is 316 g/mol. The van der Waals surface area contributed by atoms with Crippen LogP contribution < -0.4 is 9.05 Å². The largest absolute Gasteiger partial charge is 0.455 e. The van der Waals surface area contributed by atoms with E-state index < -0.39 is 7.60 Å². The maximum atomic E-state index is 13.0. The fraction of sp³-hybridized carbons (Fsp3) is 0.222. The third kappa shape index (κ3) is 5.42. The SMILES string of the molecule is CCCC/C=C/P(=O)(Oc1ccccc1)Oc1ccccc1. The summed E-state index contributed by atoms with van der Waals surface area (Å²) in [5.41, 5.74) is 0. The topological polar surface area (TPSA) is 35.5 Å². The highest BCUT2D eigenvalue weighted by Crippen LogP contribution is 2.49. The number of hydrogen-bond donors (Lipinski definition) is 0. The van der Waals surface area contributed by atoms with Crippen molar-refractivity contribution in [1.29, 1.82) is 0 Å². The van der Waals surface area contributed by atoms with E-state index >= 15 is 0 Å². The summed E-state index contributed by atoms with van der Waals surface area (Å²) in [6.45, 7) is 2.12. The molecule has 2 aromatic rings. The highest BCUT2D eigenvalue weighted by Gasteiger charge is 2.24. The van der Waals surface area contributed by atoms with Crippen molar-refractivity contribution in [1.82, 2.24) is 0 Å². The summed E-state index contributed by atoms with van der Waals surface area (Å²) in [6, 6.07) is 18.2. The molecule has 0 spiro atoms. The smallest absolute Gasteiger partial charge is 0.413 e. The van der Waals surface area contributed by atoms with Gasteiger partial charge in [0, 0.05) is 5.82 Å². The lowest BCUT2D eigenvalue weighted by Crippen LogP contribution is -1.98. The molecule has 0 N–H and O–H groups in total. The minimum absolute atomic E-state index is 0.530. The van der Waals surface area contributed by atoms with Gasteiger partial charge in [-0.3, -0.25) is 0 Å². The maximum absolute atomic E-state index is 13.0. The number of rotatable bonds is 8. The van der Waals surface area contributed by atoms with Gasteiger partial charge < -0.3 is 9.05 Å². The fourth-order valence-corrected chi connectivity index (χ4v) is 3.26. The first-order valence-corrected chi connectivity index (χ1v) is 9.10. The lowest BCUT2D eigenvalue weighted by Gasteiger charge is -2.17. The van der Waals surface area contributed by atoms with E-state index in [1.165, 1.54) is 0 Å². The molecule has 3 nitrogen and oxygen atoms in total. The van der Waals surface area contributed by atoms with Crippen LogP contribution in [0.2, 0.25) is 0 Å². The number of allylic oxidation sites excluding steroid dienone is 1. The Morgan fingerprint density at radius 3 is 1.86 bits per heavy atom. The Bertz CT molecular complexity index is 578. The Kier molecular flexibility index (Phi) is 6.29. The maximum Gasteiger partial charge on any atom is 0.455 e. The molecule has 0 saturated carbocycles. The Balaban J connectivity index is 2.16. The van der Waals surface area contributed by atoms with E-state index in [1.807, 2.05) is 42.5 Å². The van der Waals surface area contributed by atoms with Crippen LogP contribution >= 0.6 is 7.60 Å². The van der Waals surface area contributed by atoms with E-state index in [2.05, 4.69) is 6.92 Å². The Morgan fingerprint density at radius 2 is 1.41 bits per heavy atom. The minimum atomic E-state index is -3.38. The predicted molar refractivity (Wildman–Crippen MR) is 90.4 cm³/mol. The second-order valence-electron chi connectivity index (χ2n) is 4.88. The van der Waals surface area contributed by atoms with Crippen molar-refractivity contribution < 1.29 is 13.6 Å². The van der Waals surface area contributed by atoms with E-state index in [9.17, 15) is 4.57 Å². The quantitative estimate of drug-likeness (QED) is 0.440. The van der Waals surface area contributed by atoms with Gasteiger partial charge in [0.05, 0.1) is 0 Å². The normalized spacial score (nSPS) is 11.5. The average Bonchev–Trinajstić information content (AvgIpc) is 2.53. The van der Waals surface area contributed by atoms with Crippen LogP contribution in [0.4, 0.5) is 0 Å². The van der Waals surface area contributed by atoms with Gasteiger partial charge in [-0.15, -0.1) is 0 Å². The summed E-state index contributed by atoms with van der Waals surface area (Å²) < 4.78 is 24.2. The van der Waals surface area contributed by atoms with Crippen LogP contribution in [0.5, 0.6) is 11.5 Å². The molecule has 22 heavy (non-hydrogen) atoms. The van der Waals surface area contributed by atoms with Gasteiger partial charge in [0.1, 0.15) is 11.5 Å². The third-order valence-corrected chi connectivity index (χ3v) is 4.47. The van der Waals surface area contributed by atoms with Crippen LogP contribution in [0, 0.1) is 0 Å². The molecule has 2 aromatic carbocycles. The molecule has 0 aromatic heterocycles. The third-order valence-electron chi connectivity index (χ3n) is 2.96. The molecule has 0 aliphatic carbocycles. The molecule has 0 radical (unpaired) electrons. The molecule has 0 amide bonds. The van der Waals surface area contributed by atoms with E-state index in [-0.39, 0.29) is 0 Å². The summed E-state index contributed by atoms with van der Waals surface area (Å²) in [6.07, 6.45) is 4.87. The summed E-state index contributed by atoms with van der Waals surface area (Å²) in [5, 5.41) is 0. The standard InChI is InChI=1S/C18H21O3P/c1-2-3-4-11-16-22(19,20-17-12-7-5-8-13-17)21-18-14-9-6-10-15-18/h5-16H,2-4H2,1H3/b16-11+. The average molecular weight is 316 g/mol. The predicted octanol–water partition coefficient (Wildman–Crippen LogP) is 6.04. The van der Waals surface area contributed by atoms with E-state index in [0.717, 1.165) is 19.3 Å². The second-order valence-corrected chi connectivity index (χ2v) is 6.62. The van der Waals surface area contributed by atoms with Gasteiger partial charge in [0.25, 0.3) is 0 Å². The summed E-state index contributed by atoms with van der Waals surface area (Å²) >= 11 is 0. The number of unbranched alkanes of at least 4 members (excludes halogenated alkanes) is 2. The molecule has 0 aliphatic heterocycles. The molecule has 2 rings (SSSR count). The van der Waals surface area contributed by atoms with Gasteiger partial charge in [-0.1, -0.05) is 62.2 Å². The van der Waals surface area contributed by atoms with E-state index in [1.54, 1.807) is 30.1 Å². The zero-order valence-electron chi connectivity index (χ0n) is 12.7. The van der Waals surface area contributed by atoms with Gasteiger partial charge in [0.2, 0.25) is 0 Å². The highest BCUT2D eigenvalue weighted by molar-refractivity contribution is 7.58. The molecule has 0 saturated heterocycles. The summed E-state index contributed by atoms with van der Waals surface area (Å²) in [7, 11) is -3.38. The van der Waals surface area contributed by atoms with Crippen molar-refractivity contribution in [2.45, 2.75) is 26.2 Å². The van der Waals surface area contributed by atoms with Crippen molar-refractivity contribution in [3.8, 4) is 11.5 Å². The van der Waals surface area contributed by atoms with Gasteiger partial charge in [0.15, 0.2) is 0 Å². The van der Waals surface area contributed by atoms with E-state index in [0.29, 0.717) is 11.5 Å². The van der Waals surface area contributed by atoms with Crippen LogP contribution in [-0.2, 0) is 4.57 Å². The highest BCUT2D eigenvalue weighted by atomic mass is 31.2. The molecular weight excluding hydrogens is 295 g/mol. The number of para-hydroxylation sites is 2. The van der Waals surface area contributed by atoms with Crippen LogP contribution in [0.25, 0.3) is 0 Å². The molecular formula is C18H21O3P. The molecule has 0 bridgehead atoms. The van der Waals surface area contributed by atoms with Gasteiger partial charge in [-0.05, 0) is 30.7 Å². The molecule has 4 heteroatoms. The first kappa shape index (κ1) is 16.4. The Hall–Kier alpha value is -1.99. The van der Waals surface area contributed by atoms with Crippen LogP contribution in [0.1, 0.15) is 26.2 Å². The van der Waals surface area contributed by atoms with Crippen molar-refractivity contribution in [3.05, 3.63) is 72.6 Å². The molecule has 0 heterocycles. The second kappa shape index (κ2) is 8.45. The molecule has 0 atom stereocenters. The van der Waals surface area contributed by atoms with Crippen LogP contribution in [0.3, 0.4) is 0 Å². The summed E-state index contributed by atoms with van der Waals surface area (Å²) in [4.78, 5) is 0. The number of benzene rings is 2. The Morgan fingerprint density at radius 1 is 0.909 bits per heavy atom. The molecule has 0 aliphatic rings. The fourth-order valence-electron chi connectivity index (χ4n) is 1.86. The Labute approximate surface area is 132 Å². The summed E-state index contributed by atoms with van der Waals surface area (Å²) in [5.74, 6) is 2.62. The molecule has 0 fully saturated rings. The number of hydrogen-bond acceptors (Lipinski definition) is 3. The zero-order chi connectivity index (χ0) is 15.7. The zero-order valence-corrected chi connectivity index (χ0v) is 13.6. The van der Waals surface area contributed by atoms with Crippen LogP contribution in [0.15, 0.2) is 72.6 Å².